The average molecular weight is 300 g/mol. The van der Waals surface area contributed by atoms with Gasteiger partial charge in [0.05, 0.1) is 11.4 Å². The van der Waals surface area contributed by atoms with Gasteiger partial charge in [0.15, 0.2) is 5.15 Å². The molecule has 2 rings (SSSR count). The number of pyridine rings is 1. The number of hydrogen-bond donors (Lipinski definition) is 2. The topological polar surface area (TPSA) is 54.0 Å². The van der Waals surface area contributed by atoms with Crippen molar-refractivity contribution in [1.82, 2.24) is 10.3 Å². The summed E-state index contributed by atoms with van der Waals surface area (Å²) in [7, 11) is 0. The molecule has 1 fully saturated rings. The Kier molecular flexibility index (Phi) is 5.48. The van der Waals surface area contributed by atoms with Gasteiger partial charge in [-0.1, -0.05) is 11.6 Å². The van der Waals surface area contributed by atoms with E-state index in [1.54, 1.807) is 18.0 Å². The van der Waals surface area contributed by atoms with E-state index in [0.29, 0.717) is 21.8 Å². The maximum Gasteiger partial charge on any atom is 0.234 e. The number of aromatic nitrogens is 1. The van der Waals surface area contributed by atoms with E-state index in [9.17, 15) is 4.79 Å². The summed E-state index contributed by atoms with van der Waals surface area (Å²) in [6, 6.07) is 1.83. The van der Waals surface area contributed by atoms with Crippen molar-refractivity contribution >= 4 is 35.0 Å². The maximum absolute atomic E-state index is 11.9. The summed E-state index contributed by atoms with van der Waals surface area (Å²) < 4.78 is 0. The van der Waals surface area contributed by atoms with Crippen molar-refractivity contribution in [3.63, 3.8) is 0 Å². The summed E-state index contributed by atoms with van der Waals surface area (Å²) in [6.07, 6.45) is 3.90. The number of carbonyl (C=O) groups is 1. The van der Waals surface area contributed by atoms with Gasteiger partial charge in [0.2, 0.25) is 5.91 Å². The van der Waals surface area contributed by atoms with E-state index in [-0.39, 0.29) is 5.91 Å². The van der Waals surface area contributed by atoms with Crippen molar-refractivity contribution in [2.45, 2.75) is 25.0 Å². The van der Waals surface area contributed by atoms with Crippen molar-refractivity contribution in [2.75, 3.05) is 24.2 Å². The Labute approximate surface area is 122 Å². The molecule has 0 spiro atoms. The van der Waals surface area contributed by atoms with Crippen LogP contribution in [-0.2, 0) is 4.79 Å². The van der Waals surface area contributed by atoms with Gasteiger partial charge in [-0.05, 0) is 44.5 Å². The maximum atomic E-state index is 11.9. The van der Waals surface area contributed by atoms with E-state index in [1.807, 2.05) is 13.0 Å². The number of nitrogens with one attached hydrogen (secondary N) is 2. The van der Waals surface area contributed by atoms with Crippen LogP contribution in [0.15, 0.2) is 12.3 Å². The Hall–Kier alpha value is -0.780. The van der Waals surface area contributed by atoms with Gasteiger partial charge in [-0.3, -0.25) is 4.79 Å². The van der Waals surface area contributed by atoms with Crippen LogP contribution in [0.1, 0.15) is 18.4 Å². The standard InChI is InChI=1S/C13H18ClN3OS/c1-9-2-7-16-13(14)12(9)17-11(18)8-19-10-3-5-15-6-4-10/h2,7,10,15H,3-6,8H2,1H3,(H,17,18). The summed E-state index contributed by atoms with van der Waals surface area (Å²) in [5, 5.41) is 7.09. The predicted octanol–water partition coefficient (Wildman–Crippen LogP) is 2.47. The van der Waals surface area contributed by atoms with Crippen LogP contribution in [0.5, 0.6) is 0 Å². The molecular weight excluding hydrogens is 282 g/mol. The molecule has 0 radical (unpaired) electrons. The first-order valence-corrected chi connectivity index (χ1v) is 7.83. The van der Waals surface area contributed by atoms with E-state index in [2.05, 4.69) is 15.6 Å². The highest BCUT2D eigenvalue weighted by molar-refractivity contribution is 8.00. The van der Waals surface area contributed by atoms with E-state index in [4.69, 9.17) is 11.6 Å². The Morgan fingerprint density at radius 1 is 1.58 bits per heavy atom. The highest BCUT2D eigenvalue weighted by Gasteiger charge is 2.16. The van der Waals surface area contributed by atoms with Gasteiger partial charge >= 0.3 is 0 Å². The Morgan fingerprint density at radius 3 is 3.00 bits per heavy atom. The third-order valence-corrected chi connectivity index (χ3v) is 4.77. The fourth-order valence-corrected chi connectivity index (χ4v) is 3.29. The fraction of sp³-hybridized carbons (Fsp3) is 0.538. The molecule has 2 heterocycles. The lowest BCUT2D eigenvalue weighted by molar-refractivity contribution is -0.113. The van der Waals surface area contributed by atoms with E-state index in [0.717, 1.165) is 31.5 Å². The summed E-state index contributed by atoms with van der Waals surface area (Å²) >= 11 is 7.70. The minimum absolute atomic E-state index is 0.0125. The molecule has 1 aliphatic heterocycles. The zero-order valence-corrected chi connectivity index (χ0v) is 12.5. The summed E-state index contributed by atoms with van der Waals surface area (Å²) in [6.45, 7) is 4.00. The lowest BCUT2D eigenvalue weighted by Crippen LogP contribution is -2.30. The fourth-order valence-electron chi connectivity index (χ4n) is 2.01. The third kappa shape index (κ3) is 4.37. The van der Waals surface area contributed by atoms with Crippen LogP contribution in [0, 0.1) is 6.92 Å². The SMILES string of the molecule is Cc1ccnc(Cl)c1NC(=O)CSC1CCNCC1. The van der Waals surface area contributed by atoms with Crippen LogP contribution in [-0.4, -0.2) is 35.0 Å². The number of thioether (sulfide) groups is 1. The van der Waals surface area contributed by atoms with Crippen molar-refractivity contribution in [3.05, 3.63) is 23.0 Å². The number of amides is 1. The highest BCUT2D eigenvalue weighted by atomic mass is 35.5. The molecule has 0 bridgehead atoms. The number of aryl methyl sites for hydroxylation is 1. The molecule has 0 atom stereocenters. The molecule has 1 aromatic heterocycles. The van der Waals surface area contributed by atoms with Crippen LogP contribution in [0.25, 0.3) is 0 Å². The van der Waals surface area contributed by atoms with Crippen molar-refractivity contribution in [3.8, 4) is 0 Å². The second-order valence-corrected chi connectivity index (χ2v) is 6.25. The Balaban J connectivity index is 1.83. The Bertz CT molecular complexity index is 429. The molecule has 1 amide bonds. The lowest BCUT2D eigenvalue weighted by Gasteiger charge is -2.21. The molecule has 19 heavy (non-hydrogen) atoms. The normalized spacial score (nSPS) is 16.3. The second kappa shape index (κ2) is 7.12. The molecule has 0 saturated carbocycles. The molecular formula is C13H18ClN3OS. The van der Waals surface area contributed by atoms with Gasteiger partial charge in [-0.25, -0.2) is 4.98 Å². The molecule has 2 N–H and O–H groups in total. The number of hydrogen-bond acceptors (Lipinski definition) is 4. The number of nitrogens with zero attached hydrogens (tertiary/aromatic N) is 1. The first-order valence-electron chi connectivity index (χ1n) is 6.40. The molecule has 1 aliphatic rings. The molecule has 0 aliphatic carbocycles. The molecule has 1 saturated heterocycles. The minimum Gasteiger partial charge on any atom is -0.323 e. The number of halogens is 1. The van der Waals surface area contributed by atoms with Crippen LogP contribution in [0.2, 0.25) is 5.15 Å². The zero-order chi connectivity index (χ0) is 13.7. The van der Waals surface area contributed by atoms with Gasteiger partial charge in [0, 0.05) is 11.4 Å². The van der Waals surface area contributed by atoms with Crippen LogP contribution in [0.4, 0.5) is 5.69 Å². The van der Waals surface area contributed by atoms with Crippen LogP contribution >= 0.6 is 23.4 Å². The van der Waals surface area contributed by atoms with Gasteiger partial charge in [0.25, 0.3) is 0 Å². The molecule has 6 heteroatoms. The quantitative estimate of drug-likeness (QED) is 0.839. The van der Waals surface area contributed by atoms with Gasteiger partial charge in [0.1, 0.15) is 0 Å². The zero-order valence-electron chi connectivity index (χ0n) is 10.9. The van der Waals surface area contributed by atoms with E-state index < -0.39 is 0 Å². The second-order valence-electron chi connectivity index (χ2n) is 4.60. The number of rotatable bonds is 4. The van der Waals surface area contributed by atoms with Crippen LogP contribution < -0.4 is 10.6 Å². The number of anilines is 1. The third-order valence-electron chi connectivity index (χ3n) is 3.11. The summed E-state index contributed by atoms with van der Waals surface area (Å²) in [4.78, 5) is 15.9. The van der Waals surface area contributed by atoms with Gasteiger partial charge < -0.3 is 10.6 Å². The molecule has 0 unspecified atom stereocenters. The minimum atomic E-state index is -0.0125. The van der Waals surface area contributed by atoms with Gasteiger partial charge in [-0.2, -0.15) is 0 Å². The van der Waals surface area contributed by atoms with Crippen molar-refractivity contribution < 1.29 is 4.79 Å². The smallest absolute Gasteiger partial charge is 0.234 e. The van der Waals surface area contributed by atoms with Gasteiger partial charge in [-0.15, -0.1) is 11.8 Å². The molecule has 4 nitrogen and oxygen atoms in total. The van der Waals surface area contributed by atoms with E-state index >= 15 is 0 Å². The Morgan fingerprint density at radius 2 is 2.32 bits per heavy atom. The van der Waals surface area contributed by atoms with E-state index in [1.165, 1.54) is 0 Å². The van der Waals surface area contributed by atoms with Crippen molar-refractivity contribution in [1.29, 1.82) is 0 Å². The number of carbonyl (C=O) groups excluding carboxylic acids is 1. The number of piperidine rings is 1. The molecule has 104 valence electrons. The monoisotopic (exact) mass is 299 g/mol. The summed E-state index contributed by atoms with van der Waals surface area (Å²) in [5.41, 5.74) is 1.56. The average Bonchev–Trinajstić information content (AvgIpc) is 2.42. The van der Waals surface area contributed by atoms with Crippen molar-refractivity contribution in [2.24, 2.45) is 0 Å². The largest absolute Gasteiger partial charge is 0.323 e. The predicted molar refractivity (Wildman–Crippen MR) is 81.0 cm³/mol. The first kappa shape index (κ1) is 14.6. The lowest BCUT2D eigenvalue weighted by atomic mass is 10.2. The first-order chi connectivity index (χ1) is 9.16. The summed E-state index contributed by atoms with van der Waals surface area (Å²) in [5.74, 6) is 0.455. The molecule has 1 aromatic rings. The highest BCUT2D eigenvalue weighted by Crippen LogP contribution is 2.24. The van der Waals surface area contributed by atoms with Crippen LogP contribution in [0.3, 0.4) is 0 Å². The molecule has 0 aromatic carbocycles.